The van der Waals surface area contributed by atoms with E-state index >= 15 is 0 Å². The quantitative estimate of drug-likeness (QED) is 0.821. The molecule has 1 aromatic rings. The fourth-order valence-electron chi connectivity index (χ4n) is 1.33. The van der Waals surface area contributed by atoms with Gasteiger partial charge < -0.3 is 10.5 Å². The summed E-state index contributed by atoms with van der Waals surface area (Å²) in [6.45, 7) is 5.45. The van der Waals surface area contributed by atoms with E-state index in [1.54, 1.807) is 19.1 Å². The van der Waals surface area contributed by atoms with Crippen LogP contribution in [0.3, 0.4) is 0 Å². The maximum absolute atomic E-state index is 12.7. The summed E-state index contributed by atoms with van der Waals surface area (Å²) < 4.78 is 17.9. The zero-order valence-electron chi connectivity index (χ0n) is 10.3. The Bertz CT molecular complexity index is 376. The number of nitrogens with two attached hydrogens (primary N) is 1. The maximum Gasteiger partial charge on any atom is 0.323 e. The van der Waals surface area contributed by atoms with Crippen molar-refractivity contribution in [2.75, 3.05) is 0 Å². The highest BCUT2D eigenvalue weighted by Crippen LogP contribution is 2.18. The fourth-order valence-corrected chi connectivity index (χ4v) is 1.33. The molecule has 0 saturated heterocycles. The van der Waals surface area contributed by atoms with Crippen molar-refractivity contribution in [3.8, 4) is 0 Å². The van der Waals surface area contributed by atoms with Gasteiger partial charge in [-0.3, -0.25) is 4.79 Å². The van der Waals surface area contributed by atoms with Gasteiger partial charge in [-0.1, -0.05) is 26.0 Å². The van der Waals surface area contributed by atoms with Gasteiger partial charge in [0.15, 0.2) is 0 Å². The summed E-state index contributed by atoms with van der Waals surface area (Å²) in [5.41, 5.74) is 6.42. The second kappa shape index (κ2) is 5.77. The van der Waals surface area contributed by atoms with Gasteiger partial charge in [-0.05, 0) is 30.5 Å². The van der Waals surface area contributed by atoms with Crippen LogP contribution >= 0.6 is 0 Å². The number of halogens is 1. The Kier molecular flexibility index (Phi) is 4.63. The largest absolute Gasteiger partial charge is 0.457 e. The highest BCUT2D eigenvalue weighted by molar-refractivity contribution is 5.76. The van der Waals surface area contributed by atoms with E-state index in [1.165, 1.54) is 12.1 Å². The van der Waals surface area contributed by atoms with Crippen molar-refractivity contribution < 1.29 is 13.9 Å². The highest BCUT2D eigenvalue weighted by Gasteiger charge is 2.21. The van der Waals surface area contributed by atoms with Gasteiger partial charge in [0, 0.05) is 0 Å². The van der Waals surface area contributed by atoms with Gasteiger partial charge in [-0.25, -0.2) is 4.39 Å². The number of esters is 1. The first-order valence-electron chi connectivity index (χ1n) is 5.63. The Morgan fingerprint density at radius 3 is 2.24 bits per heavy atom. The first-order valence-corrected chi connectivity index (χ1v) is 5.63. The monoisotopic (exact) mass is 239 g/mol. The third-order valence-corrected chi connectivity index (χ3v) is 2.62. The van der Waals surface area contributed by atoms with Gasteiger partial charge >= 0.3 is 5.97 Å². The predicted octanol–water partition coefficient (Wildman–Crippen LogP) is 2.41. The summed E-state index contributed by atoms with van der Waals surface area (Å²) in [4.78, 5) is 11.6. The van der Waals surface area contributed by atoms with Crippen LogP contribution in [0, 0.1) is 11.7 Å². The first-order chi connectivity index (χ1) is 7.91. The van der Waals surface area contributed by atoms with Crippen LogP contribution in [-0.2, 0) is 9.53 Å². The normalized spacial score (nSPS) is 14.5. The summed E-state index contributed by atoms with van der Waals surface area (Å²) >= 11 is 0. The predicted molar refractivity (Wildman–Crippen MR) is 63.7 cm³/mol. The van der Waals surface area contributed by atoms with Crippen molar-refractivity contribution in [3.63, 3.8) is 0 Å². The zero-order valence-corrected chi connectivity index (χ0v) is 10.3. The lowest BCUT2D eigenvalue weighted by molar-refractivity contribution is -0.151. The lowest BCUT2D eigenvalue weighted by atomic mass is 10.1. The Labute approximate surface area is 101 Å². The molecule has 0 spiro atoms. The number of hydrogen-bond donors (Lipinski definition) is 1. The molecule has 94 valence electrons. The Morgan fingerprint density at radius 2 is 1.76 bits per heavy atom. The van der Waals surface area contributed by atoms with E-state index in [4.69, 9.17) is 10.5 Å². The van der Waals surface area contributed by atoms with Gasteiger partial charge in [0.2, 0.25) is 0 Å². The number of rotatable bonds is 4. The van der Waals surface area contributed by atoms with Crippen LogP contribution < -0.4 is 5.73 Å². The molecule has 2 atom stereocenters. The Morgan fingerprint density at radius 1 is 1.24 bits per heavy atom. The van der Waals surface area contributed by atoms with Crippen LogP contribution in [0.4, 0.5) is 4.39 Å². The minimum Gasteiger partial charge on any atom is -0.457 e. The van der Waals surface area contributed by atoms with E-state index in [-0.39, 0.29) is 11.7 Å². The average Bonchev–Trinajstić information content (AvgIpc) is 2.28. The van der Waals surface area contributed by atoms with Gasteiger partial charge in [0.25, 0.3) is 0 Å². The molecule has 0 aliphatic heterocycles. The zero-order chi connectivity index (χ0) is 13.0. The van der Waals surface area contributed by atoms with Crippen molar-refractivity contribution >= 4 is 5.97 Å². The number of carbonyl (C=O) groups excluding carboxylic acids is 1. The molecule has 4 heteroatoms. The number of hydrogen-bond acceptors (Lipinski definition) is 3. The van der Waals surface area contributed by atoms with Crippen LogP contribution in [0.2, 0.25) is 0 Å². The molecule has 3 nitrogen and oxygen atoms in total. The minimum absolute atomic E-state index is 0.0305. The number of ether oxygens (including phenoxy) is 1. The summed E-state index contributed by atoms with van der Waals surface area (Å²) in [6.07, 6.45) is -0.423. The van der Waals surface area contributed by atoms with Gasteiger partial charge in [-0.2, -0.15) is 0 Å². The van der Waals surface area contributed by atoms with Crippen LogP contribution in [0.5, 0.6) is 0 Å². The minimum atomic E-state index is -0.627. The van der Waals surface area contributed by atoms with E-state index < -0.39 is 18.1 Å². The second-order valence-electron chi connectivity index (χ2n) is 4.40. The maximum atomic E-state index is 12.7. The molecule has 0 aliphatic rings. The summed E-state index contributed by atoms with van der Waals surface area (Å²) in [7, 11) is 0. The molecule has 2 unspecified atom stereocenters. The molecule has 2 N–H and O–H groups in total. The smallest absolute Gasteiger partial charge is 0.323 e. The standard InChI is InChI=1S/C13H18FNO2/c1-8(2)12(15)13(16)17-9(3)10-4-6-11(14)7-5-10/h4-9,12H,15H2,1-3H3. The van der Waals surface area contributed by atoms with E-state index in [0.717, 1.165) is 5.56 Å². The molecule has 0 saturated carbocycles. The lowest BCUT2D eigenvalue weighted by Gasteiger charge is -2.19. The topological polar surface area (TPSA) is 52.3 Å². The molecular formula is C13H18FNO2. The SMILES string of the molecule is CC(OC(=O)C(N)C(C)C)c1ccc(F)cc1. The van der Waals surface area contributed by atoms with Crippen molar-refractivity contribution in [2.24, 2.45) is 11.7 Å². The van der Waals surface area contributed by atoms with E-state index in [1.807, 2.05) is 13.8 Å². The van der Waals surface area contributed by atoms with Crippen LogP contribution in [0.15, 0.2) is 24.3 Å². The molecule has 17 heavy (non-hydrogen) atoms. The third-order valence-electron chi connectivity index (χ3n) is 2.62. The first kappa shape index (κ1) is 13.6. The van der Waals surface area contributed by atoms with Crippen molar-refractivity contribution in [1.29, 1.82) is 0 Å². The van der Waals surface area contributed by atoms with E-state index in [2.05, 4.69) is 0 Å². The van der Waals surface area contributed by atoms with Crippen molar-refractivity contribution in [3.05, 3.63) is 35.6 Å². The Hall–Kier alpha value is -1.42. The van der Waals surface area contributed by atoms with Crippen LogP contribution in [-0.4, -0.2) is 12.0 Å². The molecule has 0 heterocycles. The second-order valence-corrected chi connectivity index (χ2v) is 4.40. The molecular weight excluding hydrogens is 221 g/mol. The summed E-state index contributed by atoms with van der Waals surface area (Å²) in [6, 6.07) is 5.23. The third kappa shape index (κ3) is 3.82. The Balaban J connectivity index is 2.63. The van der Waals surface area contributed by atoms with E-state index in [0.29, 0.717) is 0 Å². The summed E-state index contributed by atoms with van der Waals surface area (Å²) in [5, 5.41) is 0. The average molecular weight is 239 g/mol. The molecule has 0 aromatic heterocycles. The lowest BCUT2D eigenvalue weighted by Crippen LogP contribution is -2.37. The molecule has 0 radical (unpaired) electrons. The van der Waals surface area contributed by atoms with Gasteiger partial charge in [0.05, 0.1) is 0 Å². The molecule has 0 fully saturated rings. The van der Waals surface area contributed by atoms with Crippen LogP contribution in [0.25, 0.3) is 0 Å². The van der Waals surface area contributed by atoms with Crippen molar-refractivity contribution in [1.82, 2.24) is 0 Å². The number of carbonyl (C=O) groups is 1. The van der Waals surface area contributed by atoms with Gasteiger partial charge in [-0.15, -0.1) is 0 Å². The van der Waals surface area contributed by atoms with Gasteiger partial charge in [0.1, 0.15) is 18.0 Å². The number of benzene rings is 1. The molecule has 0 aliphatic carbocycles. The highest BCUT2D eigenvalue weighted by atomic mass is 19.1. The fraction of sp³-hybridized carbons (Fsp3) is 0.462. The van der Waals surface area contributed by atoms with E-state index in [9.17, 15) is 9.18 Å². The summed E-state index contributed by atoms with van der Waals surface area (Å²) in [5.74, 6) is -0.717. The molecule has 0 amide bonds. The molecule has 0 bridgehead atoms. The molecule has 1 rings (SSSR count). The van der Waals surface area contributed by atoms with Crippen molar-refractivity contribution in [2.45, 2.75) is 32.9 Å². The van der Waals surface area contributed by atoms with Crippen LogP contribution in [0.1, 0.15) is 32.4 Å². The molecule has 1 aromatic carbocycles.